The maximum atomic E-state index is 10.6. The molecule has 0 bridgehead atoms. The van der Waals surface area contributed by atoms with Crippen molar-refractivity contribution in [3.05, 3.63) is 0 Å². The Bertz CT molecular complexity index is 79.6. The van der Waals surface area contributed by atoms with Gasteiger partial charge in [0.25, 0.3) is 0 Å². The molecule has 11 heavy (non-hydrogen) atoms. The van der Waals surface area contributed by atoms with E-state index in [0.29, 0.717) is 13.0 Å². The van der Waals surface area contributed by atoms with Gasteiger partial charge in [-0.15, -0.1) is 0 Å². The van der Waals surface area contributed by atoms with Gasteiger partial charge in [0.15, 0.2) is 0 Å². The minimum absolute atomic E-state index is 0. The Morgan fingerprint density at radius 1 is 1.18 bits per heavy atom. The van der Waals surface area contributed by atoms with Crippen LogP contribution in [0.25, 0.3) is 0 Å². The van der Waals surface area contributed by atoms with E-state index >= 15 is 0 Å². The third-order valence-electron chi connectivity index (χ3n) is 0.921. The summed E-state index contributed by atoms with van der Waals surface area (Å²) >= 11 is 0. The number of hydrogen-bond donors (Lipinski definition) is 0. The van der Waals surface area contributed by atoms with E-state index in [2.05, 4.69) is 0 Å². The minimum atomic E-state index is -0.0700. The van der Waals surface area contributed by atoms with Gasteiger partial charge in [-0.1, -0.05) is 28.7 Å². The average molecular weight is 162 g/mol. The molecule has 0 saturated heterocycles. The summed E-state index contributed by atoms with van der Waals surface area (Å²) in [6.45, 7) is 4.52. The van der Waals surface area contributed by atoms with Crippen molar-refractivity contribution in [3.63, 3.8) is 0 Å². The Hall–Kier alpha value is -0.530. The molecular weight excluding hydrogens is 140 g/mol. The van der Waals surface area contributed by atoms with E-state index in [1.807, 2.05) is 13.8 Å². The lowest BCUT2D eigenvalue weighted by Gasteiger charge is -1.99. The molecular formula is C9H22O2. The molecule has 0 saturated carbocycles. The number of carbonyl (C=O) groups excluding carboxylic acids is 1. The van der Waals surface area contributed by atoms with Crippen molar-refractivity contribution in [3.8, 4) is 0 Å². The average Bonchev–Trinajstić information content (AvgIpc) is 1.85. The highest BCUT2D eigenvalue weighted by atomic mass is 16.5. The summed E-state index contributed by atoms with van der Waals surface area (Å²) in [6.07, 6.45) is 2.35. The SMILES string of the molecule is C.C.CCCOC(=O)CCC. The van der Waals surface area contributed by atoms with Crippen LogP contribution in [0.15, 0.2) is 0 Å². The predicted molar refractivity (Wildman–Crippen MR) is 49.6 cm³/mol. The lowest BCUT2D eigenvalue weighted by atomic mass is 10.3. The predicted octanol–water partition coefficient (Wildman–Crippen LogP) is 3.01. The molecule has 0 aliphatic heterocycles. The van der Waals surface area contributed by atoms with Crippen molar-refractivity contribution in [1.29, 1.82) is 0 Å². The van der Waals surface area contributed by atoms with Crippen LogP contribution in [0.2, 0.25) is 0 Å². The fourth-order valence-electron chi connectivity index (χ4n) is 0.492. The number of rotatable bonds is 4. The molecule has 0 spiro atoms. The van der Waals surface area contributed by atoms with Crippen LogP contribution in [0.4, 0.5) is 0 Å². The number of esters is 1. The highest BCUT2D eigenvalue weighted by molar-refractivity contribution is 5.69. The molecule has 70 valence electrons. The lowest BCUT2D eigenvalue weighted by molar-refractivity contribution is -0.143. The van der Waals surface area contributed by atoms with Gasteiger partial charge < -0.3 is 4.74 Å². The second-order valence-electron chi connectivity index (χ2n) is 1.97. The maximum absolute atomic E-state index is 10.6. The van der Waals surface area contributed by atoms with Crippen molar-refractivity contribution in [2.24, 2.45) is 0 Å². The molecule has 0 amide bonds. The molecule has 0 atom stereocenters. The fraction of sp³-hybridized carbons (Fsp3) is 0.889. The van der Waals surface area contributed by atoms with Gasteiger partial charge in [0.2, 0.25) is 0 Å². The molecule has 0 aromatic carbocycles. The molecule has 0 aliphatic rings. The molecule has 0 aromatic heterocycles. The highest BCUT2D eigenvalue weighted by Gasteiger charge is 1.96. The third-order valence-corrected chi connectivity index (χ3v) is 0.921. The van der Waals surface area contributed by atoms with Crippen LogP contribution >= 0.6 is 0 Å². The van der Waals surface area contributed by atoms with Gasteiger partial charge in [-0.2, -0.15) is 0 Å². The van der Waals surface area contributed by atoms with Gasteiger partial charge in [0, 0.05) is 6.42 Å². The fourth-order valence-corrected chi connectivity index (χ4v) is 0.492. The van der Waals surface area contributed by atoms with Crippen LogP contribution in [-0.4, -0.2) is 12.6 Å². The van der Waals surface area contributed by atoms with Gasteiger partial charge in [-0.25, -0.2) is 0 Å². The Balaban J connectivity index is -0.000000320. The number of hydrogen-bond acceptors (Lipinski definition) is 2. The molecule has 0 unspecified atom stereocenters. The highest BCUT2D eigenvalue weighted by Crippen LogP contribution is 1.91. The van der Waals surface area contributed by atoms with E-state index in [9.17, 15) is 4.79 Å². The summed E-state index contributed by atoms with van der Waals surface area (Å²) in [5.41, 5.74) is 0. The van der Waals surface area contributed by atoms with Gasteiger partial charge in [0.05, 0.1) is 6.61 Å². The van der Waals surface area contributed by atoms with Crippen molar-refractivity contribution < 1.29 is 9.53 Å². The van der Waals surface area contributed by atoms with E-state index in [-0.39, 0.29) is 20.8 Å². The standard InChI is InChI=1S/C7H14O2.2CH4/c1-3-5-7(8)9-6-4-2;;/h3-6H2,1-2H3;2*1H4. The largest absolute Gasteiger partial charge is 0.466 e. The Kier molecular flexibility index (Phi) is 18.6. The Morgan fingerprint density at radius 2 is 1.73 bits per heavy atom. The van der Waals surface area contributed by atoms with Gasteiger partial charge in [-0.3, -0.25) is 4.79 Å². The molecule has 0 aliphatic carbocycles. The first-order valence-corrected chi connectivity index (χ1v) is 3.46. The lowest BCUT2D eigenvalue weighted by Crippen LogP contribution is -2.03. The quantitative estimate of drug-likeness (QED) is 0.594. The first-order chi connectivity index (χ1) is 4.31. The summed E-state index contributed by atoms with van der Waals surface area (Å²) in [5, 5.41) is 0. The normalized spacial score (nSPS) is 7.45. The summed E-state index contributed by atoms with van der Waals surface area (Å²) in [7, 11) is 0. The smallest absolute Gasteiger partial charge is 0.305 e. The summed E-state index contributed by atoms with van der Waals surface area (Å²) in [5.74, 6) is -0.0700. The topological polar surface area (TPSA) is 26.3 Å². The molecule has 0 rings (SSSR count). The molecule has 0 radical (unpaired) electrons. The molecule has 2 nitrogen and oxygen atoms in total. The van der Waals surface area contributed by atoms with Crippen molar-refractivity contribution >= 4 is 5.97 Å². The maximum Gasteiger partial charge on any atom is 0.305 e. The second kappa shape index (κ2) is 12.2. The van der Waals surface area contributed by atoms with Crippen molar-refractivity contribution in [1.82, 2.24) is 0 Å². The third kappa shape index (κ3) is 12.6. The van der Waals surface area contributed by atoms with E-state index < -0.39 is 0 Å². The van der Waals surface area contributed by atoms with Crippen LogP contribution < -0.4 is 0 Å². The van der Waals surface area contributed by atoms with Crippen LogP contribution in [0.5, 0.6) is 0 Å². The monoisotopic (exact) mass is 162 g/mol. The zero-order chi connectivity index (χ0) is 7.11. The van der Waals surface area contributed by atoms with Crippen molar-refractivity contribution in [2.45, 2.75) is 48.0 Å². The molecule has 0 fully saturated rings. The van der Waals surface area contributed by atoms with Crippen LogP contribution in [0, 0.1) is 0 Å². The molecule has 0 N–H and O–H groups in total. The first-order valence-electron chi connectivity index (χ1n) is 3.46. The Labute approximate surface area is 70.9 Å². The van der Waals surface area contributed by atoms with E-state index in [1.165, 1.54) is 0 Å². The summed E-state index contributed by atoms with van der Waals surface area (Å²) in [4.78, 5) is 10.6. The van der Waals surface area contributed by atoms with Gasteiger partial charge >= 0.3 is 5.97 Å². The van der Waals surface area contributed by atoms with E-state index in [0.717, 1.165) is 12.8 Å². The van der Waals surface area contributed by atoms with E-state index in [1.54, 1.807) is 0 Å². The summed E-state index contributed by atoms with van der Waals surface area (Å²) < 4.78 is 4.79. The minimum Gasteiger partial charge on any atom is -0.466 e. The first kappa shape index (κ1) is 16.8. The molecule has 0 aromatic rings. The van der Waals surface area contributed by atoms with Gasteiger partial charge in [-0.05, 0) is 12.8 Å². The van der Waals surface area contributed by atoms with Crippen LogP contribution in [0.1, 0.15) is 48.0 Å². The number of carbonyl (C=O) groups is 1. The zero-order valence-corrected chi connectivity index (χ0v) is 6.14. The summed E-state index contributed by atoms with van der Waals surface area (Å²) in [6, 6.07) is 0. The van der Waals surface area contributed by atoms with Crippen LogP contribution in [0.3, 0.4) is 0 Å². The van der Waals surface area contributed by atoms with Crippen molar-refractivity contribution in [2.75, 3.05) is 6.61 Å². The Morgan fingerprint density at radius 3 is 2.09 bits per heavy atom. The molecule has 0 heterocycles. The second-order valence-corrected chi connectivity index (χ2v) is 1.97. The molecule has 2 heteroatoms. The van der Waals surface area contributed by atoms with E-state index in [4.69, 9.17) is 4.74 Å². The van der Waals surface area contributed by atoms with Crippen LogP contribution in [-0.2, 0) is 9.53 Å². The van der Waals surface area contributed by atoms with Gasteiger partial charge in [0.1, 0.15) is 0 Å². The number of ether oxygens (including phenoxy) is 1. The zero-order valence-electron chi connectivity index (χ0n) is 6.14.